The lowest BCUT2D eigenvalue weighted by Crippen LogP contribution is -2.14. The quantitative estimate of drug-likeness (QED) is 0.786. The van der Waals surface area contributed by atoms with Crippen molar-refractivity contribution in [2.45, 2.75) is 18.7 Å². The standard InChI is InChI=1S/C13H13BrClN3O2S/c1-7-4-12(17-6-10(7)14)18-21(19,20)9-3-8(2)13(15)11(16)5-9/h3-6H,16H2,1-2H3,(H,17,18). The van der Waals surface area contributed by atoms with E-state index in [1.54, 1.807) is 13.0 Å². The fourth-order valence-electron chi connectivity index (χ4n) is 1.71. The summed E-state index contributed by atoms with van der Waals surface area (Å²) in [4.78, 5) is 4.06. The van der Waals surface area contributed by atoms with Crippen molar-refractivity contribution in [2.75, 3.05) is 10.5 Å². The highest BCUT2D eigenvalue weighted by atomic mass is 79.9. The number of hydrogen-bond donors (Lipinski definition) is 2. The number of sulfonamides is 1. The topological polar surface area (TPSA) is 85.1 Å². The van der Waals surface area contributed by atoms with E-state index in [0.29, 0.717) is 10.6 Å². The van der Waals surface area contributed by atoms with Gasteiger partial charge >= 0.3 is 0 Å². The van der Waals surface area contributed by atoms with Gasteiger partial charge in [-0.2, -0.15) is 0 Å². The van der Waals surface area contributed by atoms with Crippen molar-refractivity contribution in [1.29, 1.82) is 0 Å². The summed E-state index contributed by atoms with van der Waals surface area (Å²) in [6.07, 6.45) is 1.54. The van der Waals surface area contributed by atoms with Crippen LogP contribution < -0.4 is 10.5 Å². The molecule has 5 nitrogen and oxygen atoms in total. The molecule has 0 saturated heterocycles. The number of nitrogens with zero attached hydrogens (tertiary/aromatic N) is 1. The molecule has 3 N–H and O–H groups in total. The molecule has 0 fully saturated rings. The normalized spacial score (nSPS) is 11.4. The number of aryl methyl sites for hydroxylation is 2. The Hall–Kier alpha value is -1.31. The Kier molecular flexibility index (Phi) is 4.46. The van der Waals surface area contributed by atoms with Crippen LogP contribution in [0, 0.1) is 13.8 Å². The third-order valence-electron chi connectivity index (χ3n) is 2.85. The number of hydrogen-bond acceptors (Lipinski definition) is 4. The molecule has 1 aromatic heterocycles. The number of rotatable bonds is 3. The second kappa shape index (κ2) is 5.82. The molecule has 0 saturated carbocycles. The van der Waals surface area contributed by atoms with E-state index in [-0.39, 0.29) is 16.4 Å². The molecule has 0 bridgehead atoms. The van der Waals surface area contributed by atoms with E-state index in [1.165, 1.54) is 18.3 Å². The minimum atomic E-state index is -3.77. The molecule has 0 radical (unpaired) electrons. The highest BCUT2D eigenvalue weighted by Gasteiger charge is 2.18. The molecular formula is C13H13BrClN3O2S. The molecule has 21 heavy (non-hydrogen) atoms. The summed E-state index contributed by atoms with van der Waals surface area (Å²) in [7, 11) is -3.77. The maximum absolute atomic E-state index is 12.4. The molecule has 0 aliphatic heterocycles. The lowest BCUT2D eigenvalue weighted by atomic mass is 10.2. The van der Waals surface area contributed by atoms with Crippen molar-refractivity contribution in [3.05, 3.63) is 45.0 Å². The van der Waals surface area contributed by atoms with Gasteiger partial charge in [0.2, 0.25) is 0 Å². The summed E-state index contributed by atoms with van der Waals surface area (Å²) in [6.45, 7) is 3.54. The largest absolute Gasteiger partial charge is 0.397 e. The van der Waals surface area contributed by atoms with Gasteiger partial charge in [0, 0.05) is 10.7 Å². The van der Waals surface area contributed by atoms with Crippen LogP contribution in [0.2, 0.25) is 5.02 Å². The first-order valence-electron chi connectivity index (χ1n) is 5.91. The van der Waals surface area contributed by atoms with Crippen molar-refractivity contribution in [1.82, 2.24) is 4.98 Å². The number of benzene rings is 1. The highest BCUT2D eigenvalue weighted by Crippen LogP contribution is 2.28. The fourth-order valence-corrected chi connectivity index (χ4v) is 3.15. The number of nitrogens with two attached hydrogens (primary N) is 1. The van der Waals surface area contributed by atoms with Crippen molar-refractivity contribution in [3.63, 3.8) is 0 Å². The number of nitrogens with one attached hydrogen (secondary N) is 1. The van der Waals surface area contributed by atoms with Gasteiger partial charge in [-0.25, -0.2) is 13.4 Å². The average molecular weight is 391 g/mol. The molecule has 0 unspecified atom stereocenters. The van der Waals surface area contributed by atoms with Gasteiger partial charge in [0.15, 0.2) is 0 Å². The maximum Gasteiger partial charge on any atom is 0.263 e. The minimum absolute atomic E-state index is 0.0456. The van der Waals surface area contributed by atoms with Crippen LogP contribution in [0.3, 0.4) is 0 Å². The first kappa shape index (κ1) is 16.1. The number of anilines is 2. The van der Waals surface area contributed by atoms with Crippen molar-refractivity contribution in [3.8, 4) is 0 Å². The molecule has 0 atom stereocenters. The van der Waals surface area contributed by atoms with Crippen LogP contribution in [0.4, 0.5) is 11.5 Å². The molecule has 2 rings (SSSR count). The van der Waals surface area contributed by atoms with Gasteiger partial charge in [0.05, 0.1) is 15.6 Å². The minimum Gasteiger partial charge on any atom is -0.397 e. The predicted octanol–water partition coefficient (Wildman–Crippen LogP) is 3.50. The molecule has 0 aliphatic rings. The Morgan fingerprint density at radius 3 is 2.48 bits per heavy atom. The van der Waals surface area contributed by atoms with Gasteiger partial charge in [-0.15, -0.1) is 0 Å². The van der Waals surface area contributed by atoms with Gasteiger partial charge in [-0.3, -0.25) is 4.72 Å². The molecule has 112 valence electrons. The number of pyridine rings is 1. The second-order valence-electron chi connectivity index (χ2n) is 4.57. The zero-order chi connectivity index (χ0) is 15.8. The van der Waals surface area contributed by atoms with Gasteiger partial charge in [-0.05, 0) is 59.1 Å². The second-order valence-corrected chi connectivity index (χ2v) is 7.48. The van der Waals surface area contributed by atoms with E-state index < -0.39 is 10.0 Å². The Morgan fingerprint density at radius 1 is 1.24 bits per heavy atom. The number of aromatic nitrogens is 1. The Morgan fingerprint density at radius 2 is 1.90 bits per heavy atom. The van der Waals surface area contributed by atoms with Crippen LogP contribution in [-0.2, 0) is 10.0 Å². The molecule has 8 heteroatoms. The average Bonchev–Trinajstić information content (AvgIpc) is 2.39. The monoisotopic (exact) mass is 389 g/mol. The zero-order valence-electron chi connectivity index (χ0n) is 11.3. The SMILES string of the molecule is Cc1cc(NS(=O)(=O)c2cc(C)c(Cl)c(N)c2)ncc1Br. The molecule has 1 heterocycles. The number of halogens is 2. The Labute approximate surface area is 136 Å². The molecule has 0 aliphatic carbocycles. The Bertz CT molecular complexity index is 786. The summed E-state index contributed by atoms with van der Waals surface area (Å²) < 4.78 is 27.9. The summed E-state index contributed by atoms with van der Waals surface area (Å²) in [5, 5.41) is 0.353. The number of nitrogen functional groups attached to an aromatic ring is 1. The first-order chi connectivity index (χ1) is 9.70. The summed E-state index contributed by atoms with van der Waals surface area (Å²) in [6, 6.07) is 4.42. The Balaban J connectivity index is 2.40. The maximum atomic E-state index is 12.4. The van der Waals surface area contributed by atoms with Gasteiger partial charge in [0.25, 0.3) is 10.0 Å². The predicted molar refractivity (Wildman–Crippen MR) is 88.1 cm³/mol. The lowest BCUT2D eigenvalue weighted by molar-refractivity contribution is 0.601. The zero-order valence-corrected chi connectivity index (χ0v) is 14.5. The lowest BCUT2D eigenvalue weighted by Gasteiger charge is -2.11. The van der Waals surface area contributed by atoms with Crippen LogP contribution in [0.25, 0.3) is 0 Å². The first-order valence-corrected chi connectivity index (χ1v) is 8.56. The van der Waals surface area contributed by atoms with Crippen LogP contribution >= 0.6 is 27.5 Å². The van der Waals surface area contributed by atoms with Gasteiger partial charge in [0.1, 0.15) is 5.82 Å². The smallest absolute Gasteiger partial charge is 0.263 e. The summed E-state index contributed by atoms with van der Waals surface area (Å²) in [5.74, 6) is 0.238. The van der Waals surface area contributed by atoms with E-state index in [1.807, 2.05) is 6.92 Å². The van der Waals surface area contributed by atoms with E-state index in [9.17, 15) is 8.42 Å². The van der Waals surface area contributed by atoms with E-state index in [0.717, 1.165) is 10.0 Å². The van der Waals surface area contributed by atoms with E-state index in [2.05, 4.69) is 25.6 Å². The van der Waals surface area contributed by atoms with Crippen LogP contribution in [0.15, 0.2) is 33.8 Å². The van der Waals surface area contributed by atoms with Gasteiger partial charge in [-0.1, -0.05) is 11.6 Å². The molecule has 2 aromatic rings. The third kappa shape index (κ3) is 3.48. The highest BCUT2D eigenvalue weighted by molar-refractivity contribution is 9.10. The molecular weight excluding hydrogens is 378 g/mol. The van der Waals surface area contributed by atoms with E-state index >= 15 is 0 Å². The third-order valence-corrected chi connectivity index (χ3v) is 5.53. The van der Waals surface area contributed by atoms with E-state index in [4.69, 9.17) is 17.3 Å². The van der Waals surface area contributed by atoms with Crippen molar-refractivity contribution in [2.24, 2.45) is 0 Å². The van der Waals surface area contributed by atoms with Crippen molar-refractivity contribution >= 4 is 49.1 Å². The summed E-state index contributed by atoms with van der Waals surface area (Å²) in [5.41, 5.74) is 7.39. The van der Waals surface area contributed by atoms with Gasteiger partial charge < -0.3 is 5.73 Å². The van der Waals surface area contributed by atoms with Crippen LogP contribution in [0.5, 0.6) is 0 Å². The van der Waals surface area contributed by atoms with Crippen molar-refractivity contribution < 1.29 is 8.42 Å². The molecule has 0 spiro atoms. The molecule has 1 aromatic carbocycles. The molecule has 0 amide bonds. The fraction of sp³-hybridized carbons (Fsp3) is 0.154. The van der Waals surface area contributed by atoms with Crippen LogP contribution in [-0.4, -0.2) is 13.4 Å². The summed E-state index contributed by atoms with van der Waals surface area (Å²) >= 11 is 9.25. The van der Waals surface area contributed by atoms with Crippen LogP contribution in [0.1, 0.15) is 11.1 Å².